The zero-order valence-electron chi connectivity index (χ0n) is 14.9. The molecule has 0 radical (unpaired) electrons. The number of amides is 2. The minimum absolute atomic E-state index is 0.157. The Morgan fingerprint density at radius 1 is 1.26 bits per heavy atom. The number of nitrogens with zero attached hydrogens (tertiary/aromatic N) is 3. The summed E-state index contributed by atoms with van der Waals surface area (Å²) in [6.07, 6.45) is 1.82. The molecule has 0 fully saturated rings. The maximum absolute atomic E-state index is 12.4. The van der Waals surface area contributed by atoms with Crippen molar-refractivity contribution in [3.63, 3.8) is 0 Å². The first-order chi connectivity index (χ1) is 13.0. The number of carbonyl (C=O) groups excluding carboxylic acids is 2. The molecule has 27 heavy (non-hydrogen) atoms. The molecule has 9 heteroatoms. The maximum atomic E-state index is 12.4. The van der Waals surface area contributed by atoms with Crippen molar-refractivity contribution in [3.8, 4) is 0 Å². The topological polar surface area (TPSA) is 88.9 Å². The summed E-state index contributed by atoms with van der Waals surface area (Å²) in [4.78, 5) is 25.8. The molecule has 0 bridgehead atoms. The summed E-state index contributed by atoms with van der Waals surface area (Å²) in [5, 5.41) is 16.3. The number of rotatable bonds is 7. The van der Waals surface area contributed by atoms with E-state index in [0.717, 1.165) is 14.9 Å². The smallest absolute Gasteiger partial charge is 0.226 e. The second kappa shape index (κ2) is 8.83. The van der Waals surface area contributed by atoms with E-state index < -0.39 is 0 Å². The predicted molar refractivity (Wildman–Crippen MR) is 106 cm³/mol. The summed E-state index contributed by atoms with van der Waals surface area (Å²) in [6, 6.07) is 11.0. The van der Waals surface area contributed by atoms with Crippen LogP contribution in [-0.2, 0) is 16.6 Å². The predicted octanol–water partition coefficient (Wildman–Crippen LogP) is 3.23. The van der Waals surface area contributed by atoms with Crippen LogP contribution < -0.4 is 10.6 Å². The molecule has 3 rings (SSSR count). The van der Waals surface area contributed by atoms with Crippen molar-refractivity contribution in [2.24, 2.45) is 7.05 Å². The summed E-state index contributed by atoms with van der Waals surface area (Å²) >= 11 is 3.01. The first kappa shape index (κ1) is 19.1. The molecule has 0 spiro atoms. The van der Waals surface area contributed by atoms with Gasteiger partial charge < -0.3 is 15.2 Å². The SMILES string of the molecule is CC(=O)NC(CC(=O)Nc1ccc(Sc2nncn2C)cc1)c1cccs1. The van der Waals surface area contributed by atoms with E-state index in [9.17, 15) is 9.59 Å². The molecular formula is C18H19N5O2S2. The molecule has 2 amide bonds. The largest absolute Gasteiger partial charge is 0.348 e. The van der Waals surface area contributed by atoms with Gasteiger partial charge in [0.05, 0.1) is 12.5 Å². The number of thiophene rings is 1. The standard InChI is InChI=1S/C18H19N5O2S2/c1-12(24)20-15(16-4-3-9-26-16)10-17(25)21-13-5-7-14(8-6-13)27-18-22-19-11-23(18)2/h3-9,11,15H,10H2,1-2H3,(H,20,24)(H,21,25). The van der Waals surface area contributed by atoms with Crippen molar-refractivity contribution in [1.29, 1.82) is 0 Å². The molecule has 0 saturated heterocycles. The Kier molecular flexibility index (Phi) is 6.25. The van der Waals surface area contributed by atoms with E-state index in [1.807, 2.05) is 53.4 Å². The Balaban J connectivity index is 1.59. The molecule has 2 N–H and O–H groups in total. The Hall–Kier alpha value is -2.65. The van der Waals surface area contributed by atoms with E-state index in [2.05, 4.69) is 20.8 Å². The normalized spacial score (nSPS) is 11.8. The van der Waals surface area contributed by atoms with Crippen molar-refractivity contribution in [2.75, 3.05) is 5.32 Å². The Morgan fingerprint density at radius 3 is 2.63 bits per heavy atom. The number of anilines is 1. The van der Waals surface area contributed by atoms with E-state index in [1.54, 1.807) is 6.33 Å². The van der Waals surface area contributed by atoms with Crippen molar-refractivity contribution in [1.82, 2.24) is 20.1 Å². The van der Waals surface area contributed by atoms with Crippen LogP contribution in [0.2, 0.25) is 0 Å². The Morgan fingerprint density at radius 2 is 2.04 bits per heavy atom. The quantitative estimate of drug-likeness (QED) is 0.634. The van der Waals surface area contributed by atoms with Crippen LogP contribution in [0.5, 0.6) is 0 Å². The molecule has 0 aliphatic rings. The first-order valence-electron chi connectivity index (χ1n) is 8.23. The van der Waals surface area contributed by atoms with Gasteiger partial charge in [-0.25, -0.2) is 0 Å². The van der Waals surface area contributed by atoms with Crippen LogP contribution in [0.1, 0.15) is 24.3 Å². The third-order valence-electron chi connectivity index (χ3n) is 3.67. The summed E-state index contributed by atoms with van der Waals surface area (Å²) in [5.41, 5.74) is 0.704. The molecular weight excluding hydrogens is 382 g/mol. The van der Waals surface area contributed by atoms with Crippen LogP contribution in [0, 0.1) is 0 Å². The summed E-state index contributed by atoms with van der Waals surface area (Å²) in [6.45, 7) is 1.45. The van der Waals surface area contributed by atoms with Crippen molar-refractivity contribution in [3.05, 3.63) is 53.0 Å². The molecule has 2 aromatic heterocycles. The highest BCUT2D eigenvalue weighted by molar-refractivity contribution is 7.99. The van der Waals surface area contributed by atoms with Gasteiger partial charge >= 0.3 is 0 Å². The van der Waals surface area contributed by atoms with E-state index >= 15 is 0 Å². The fraction of sp³-hybridized carbons (Fsp3) is 0.222. The van der Waals surface area contributed by atoms with Crippen molar-refractivity contribution >= 4 is 40.6 Å². The second-order valence-corrected chi connectivity index (χ2v) is 7.89. The number of benzene rings is 1. The van der Waals surface area contributed by atoms with Crippen LogP contribution in [0.4, 0.5) is 5.69 Å². The summed E-state index contributed by atoms with van der Waals surface area (Å²) in [5.74, 6) is -0.317. The van der Waals surface area contributed by atoms with Crippen LogP contribution in [0.15, 0.2) is 58.2 Å². The van der Waals surface area contributed by atoms with Crippen molar-refractivity contribution in [2.45, 2.75) is 29.4 Å². The number of hydrogen-bond acceptors (Lipinski definition) is 6. The van der Waals surface area contributed by atoms with E-state index in [1.165, 1.54) is 30.0 Å². The molecule has 1 atom stereocenters. The fourth-order valence-electron chi connectivity index (χ4n) is 2.43. The first-order valence-corrected chi connectivity index (χ1v) is 9.93. The van der Waals surface area contributed by atoms with E-state index in [-0.39, 0.29) is 24.3 Å². The lowest BCUT2D eigenvalue weighted by atomic mass is 10.1. The van der Waals surface area contributed by atoms with Gasteiger partial charge in [0.25, 0.3) is 0 Å². The van der Waals surface area contributed by atoms with Gasteiger partial charge in [-0.2, -0.15) is 0 Å². The van der Waals surface area contributed by atoms with Gasteiger partial charge in [0, 0.05) is 29.4 Å². The number of nitrogens with one attached hydrogen (secondary N) is 2. The highest BCUT2D eigenvalue weighted by atomic mass is 32.2. The van der Waals surface area contributed by atoms with Crippen LogP contribution in [0.25, 0.3) is 0 Å². The molecule has 0 aliphatic carbocycles. The lowest BCUT2D eigenvalue weighted by Crippen LogP contribution is -2.29. The number of aryl methyl sites for hydroxylation is 1. The zero-order valence-corrected chi connectivity index (χ0v) is 16.5. The molecule has 140 valence electrons. The summed E-state index contributed by atoms with van der Waals surface area (Å²) in [7, 11) is 1.88. The lowest BCUT2D eigenvalue weighted by molar-refractivity contribution is -0.120. The highest BCUT2D eigenvalue weighted by Crippen LogP contribution is 2.27. The molecule has 7 nitrogen and oxygen atoms in total. The lowest BCUT2D eigenvalue weighted by Gasteiger charge is -2.16. The zero-order chi connectivity index (χ0) is 19.2. The molecule has 1 unspecified atom stereocenters. The van der Waals surface area contributed by atoms with Gasteiger partial charge in [0.1, 0.15) is 6.33 Å². The summed E-state index contributed by atoms with van der Waals surface area (Å²) < 4.78 is 1.84. The highest BCUT2D eigenvalue weighted by Gasteiger charge is 2.18. The van der Waals surface area contributed by atoms with Gasteiger partial charge in [-0.3, -0.25) is 9.59 Å². The van der Waals surface area contributed by atoms with Crippen LogP contribution in [-0.4, -0.2) is 26.6 Å². The Labute approximate surface area is 165 Å². The third-order valence-corrected chi connectivity index (χ3v) is 5.72. The average molecular weight is 402 g/mol. The number of carbonyl (C=O) groups is 2. The average Bonchev–Trinajstić information content (AvgIpc) is 3.28. The van der Waals surface area contributed by atoms with E-state index in [0.29, 0.717) is 5.69 Å². The Bertz CT molecular complexity index is 906. The minimum Gasteiger partial charge on any atom is -0.348 e. The molecule has 0 saturated carbocycles. The van der Waals surface area contributed by atoms with Gasteiger partial charge in [-0.15, -0.1) is 21.5 Å². The molecule has 0 aliphatic heterocycles. The van der Waals surface area contributed by atoms with E-state index in [4.69, 9.17) is 0 Å². The third kappa shape index (κ3) is 5.41. The van der Waals surface area contributed by atoms with Crippen molar-refractivity contribution < 1.29 is 9.59 Å². The number of hydrogen-bond donors (Lipinski definition) is 2. The van der Waals surface area contributed by atoms with Gasteiger partial charge in [-0.05, 0) is 47.5 Å². The number of aromatic nitrogens is 3. The minimum atomic E-state index is -0.326. The fourth-order valence-corrected chi connectivity index (χ4v) is 3.97. The second-order valence-electron chi connectivity index (χ2n) is 5.87. The van der Waals surface area contributed by atoms with Gasteiger partial charge in [0.15, 0.2) is 5.16 Å². The van der Waals surface area contributed by atoms with Gasteiger partial charge in [-0.1, -0.05) is 6.07 Å². The maximum Gasteiger partial charge on any atom is 0.226 e. The molecule has 2 heterocycles. The van der Waals surface area contributed by atoms with Gasteiger partial charge in [0.2, 0.25) is 11.8 Å². The van der Waals surface area contributed by atoms with Crippen LogP contribution in [0.3, 0.4) is 0 Å². The van der Waals surface area contributed by atoms with Crippen LogP contribution >= 0.6 is 23.1 Å². The molecule has 3 aromatic rings. The molecule has 1 aromatic carbocycles. The monoisotopic (exact) mass is 401 g/mol.